The number of benzene rings is 1. The van der Waals surface area contributed by atoms with Gasteiger partial charge in [-0.2, -0.15) is 0 Å². The number of nitrogens with zero attached hydrogens (tertiary/aromatic N) is 2. The summed E-state index contributed by atoms with van der Waals surface area (Å²) in [6.45, 7) is 2.72. The zero-order valence-corrected chi connectivity index (χ0v) is 20.2. The summed E-state index contributed by atoms with van der Waals surface area (Å²) >= 11 is 0. The molecule has 0 saturated carbocycles. The molecule has 0 aliphatic rings. The molecule has 0 radical (unpaired) electrons. The van der Waals surface area contributed by atoms with Gasteiger partial charge in [-0.05, 0) is 24.6 Å². The van der Waals surface area contributed by atoms with Gasteiger partial charge in [0.1, 0.15) is 23.1 Å². The number of sulfone groups is 1. The van der Waals surface area contributed by atoms with E-state index in [9.17, 15) is 8.42 Å². The summed E-state index contributed by atoms with van der Waals surface area (Å²) in [4.78, 5) is 8.30. The minimum absolute atomic E-state index is 0.269. The van der Waals surface area contributed by atoms with Crippen LogP contribution in [0.25, 0.3) is 6.08 Å². The van der Waals surface area contributed by atoms with Crippen LogP contribution in [0.5, 0.6) is 23.1 Å². The SMILES string of the molecule is CCN=C(N)CNc1cc(CS(=O)(=O)/C=C/c2c(OC)cc(OC)cc2OC)cnc1OC. The van der Waals surface area contributed by atoms with Crippen LogP contribution in [-0.4, -0.2) is 60.8 Å². The van der Waals surface area contributed by atoms with Crippen molar-refractivity contribution in [2.24, 2.45) is 10.7 Å². The van der Waals surface area contributed by atoms with Crippen LogP contribution in [0.4, 0.5) is 5.69 Å². The fraction of sp³-hybridized carbons (Fsp3) is 0.364. The monoisotopic (exact) mass is 478 g/mol. The maximum atomic E-state index is 12.8. The molecular weight excluding hydrogens is 448 g/mol. The molecule has 0 atom stereocenters. The Balaban J connectivity index is 2.28. The average Bonchev–Trinajstić information content (AvgIpc) is 2.80. The fourth-order valence-electron chi connectivity index (χ4n) is 2.96. The maximum Gasteiger partial charge on any atom is 0.237 e. The lowest BCUT2D eigenvalue weighted by Gasteiger charge is -2.13. The van der Waals surface area contributed by atoms with Crippen molar-refractivity contribution in [3.05, 3.63) is 40.9 Å². The number of nitrogens with one attached hydrogen (secondary N) is 1. The number of nitrogens with two attached hydrogens (primary N) is 1. The quantitative estimate of drug-likeness (QED) is 0.348. The Hall–Kier alpha value is -3.47. The van der Waals surface area contributed by atoms with E-state index < -0.39 is 9.84 Å². The molecule has 0 saturated heterocycles. The van der Waals surface area contributed by atoms with Gasteiger partial charge in [0.15, 0.2) is 9.84 Å². The highest BCUT2D eigenvalue weighted by atomic mass is 32.2. The molecule has 11 heteroatoms. The zero-order valence-electron chi connectivity index (χ0n) is 19.4. The molecule has 33 heavy (non-hydrogen) atoms. The van der Waals surface area contributed by atoms with Gasteiger partial charge in [0.05, 0.1) is 52.0 Å². The van der Waals surface area contributed by atoms with Crippen LogP contribution < -0.4 is 30.0 Å². The van der Waals surface area contributed by atoms with E-state index >= 15 is 0 Å². The van der Waals surface area contributed by atoms with Gasteiger partial charge in [-0.25, -0.2) is 13.4 Å². The first-order valence-corrected chi connectivity index (χ1v) is 11.7. The van der Waals surface area contributed by atoms with Gasteiger partial charge in [0.2, 0.25) is 5.88 Å². The second-order valence-corrected chi connectivity index (χ2v) is 8.66. The highest BCUT2D eigenvalue weighted by Crippen LogP contribution is 2.35. The lowest BCUT2D eigenvalue weighted by Crippen LogP contribution is -2.23. The predicted octanol–water partition coefficient (Wildman–Crippen LogP) is 2.49. The number of hydrogen-bond acceptors (Lipinski definition) is 9. The normalized spacial score (nSPS) is 12.0. The number of aliphatic imine (C=N–C) groups is 1. The molecule has 0 aliphatic carbocycles. The van der Waals surface area contributed by atoms with Crippen LogP contribution in [0.1, 0.15) is 18.1 Å². The van der Waals surface area contributed by atoms with Crippen LogP contribution >= 0.6 is 0 Å². The smallest absolute Gasteiger partial charge is 0.237 e. The third-order valence-corrected chi connectivity index (χ3v) is 5.77. The number of amidine groups is 1. The van der Waals surface area contributed by atoms with Gasteiger partial charge in [-0.1, -0.05) is 0 Å². The number of methoxy groups -OCH3 is 4. The van der Waals surface area contributed by atoms with Gasteiger partial charge < -0.3 is 30.0 Å². The summed E-state index contributed by atoms with van der Waals surface area (Å²) in [6.07, 6.45) is 2.89. The molecular formula is C22H30N4O6S. The van der Waals surface area contributed by atoms with E-state index in [4.69, 9.17) is 24.7 Å². The van der Waals surface area contributed by atoms with Gasteiger partial charge in [-0.15, -0.1) is 0 Å². The summed E-state index contributed by atoms with van der Waals surface area (Å²) in [6, 6.07) is 4.95. The van der Waals surface area contributed by atoms with Crippen LogP contribution in [0.3, 0.4) is 0 Å². The van der Waals surface area contributed by atoms with Crippen molar-refractivity contribution in [2.75, 3.05) is 46.8 Å². The second kappa shape index (κ2) is 12.0. The van der Waals surface area contributed by atoms with Crippen molar-refractivity contribution in [1.29, 1.82) is 0 Å². The van der Waals surface area contributed by atoms with Crippen LogP contribution in [0, 0.1) is 0 Å². The van der Waals surface area contributed by atoms with Crippen molar-refractivity contribution in [3.8, 4) is 23.1 Å². The highest BCUT2D eigenvalue weighted by molar-refractivity contribution is 7.93. The Morgan fingerprint density at radius 3 is 2.30 bits per heavy atom. The number of hydrogen-bond donors (Lipinski definition) is 2. The fourth-order valence-corrected chi connectivity index (χ4v) is 4.02. The Morgan fingerprint density at radius 1 is 1.09 bits per heavy atom. The van der Waals surface area contributed by atoms with E-state index in [1.54, 1.807) is 18.2 Å². The van der Waals surface area contributed by atoms with Crippen molar-refractivity contribution in [3.63, 3.8) is 0 Å². The van der Waals surface area contributed by atoms with Crippen LogP contribution in [0.2, 0.25) is 0 Å². The third-order valence-electron chi connectivity index (χ3n) is 4.49. The van der Waals surface area contributed by atoms with Gasteiger partial charge in [0, 0.05) is 30.3 Å². The van der Waals surface area contributed by atoms with Crippen molar-refractivity contribution < 1.29 is 27.4 Å². The minimum atomic E-state index is -3.65. The lowest BCUT2D eigenvalue weighted by molar-refractivity contribution is 0.374. The topological polar surface area (TPSA) is 134 Å². The first-order chi connectivity index (χ1) is 15.8. The molecule has 1 aromatic heterocycles. The molecule has 0 aliphatic heterocycles. The lowest BCUT2D eigenvalue weighted by atomic mass is 10.1. The number of pyridine rings is 1. The number of rotatable bonds is 12. The van der Waals surface area contributed by atoms with E-state index in [2.05, 4.69) is 15.3 Å². The third kappa shape index (κ3) is 7.28. The standard InChI is InChI=1S/C22H30N4O6S/c1-6-24-21(23)13-25-18-9-15(12-26-22(18)32-5)14-33(27,28)8-7-17-19(30-3)10-16(29-2)11-20(17)31-4/h7-12,25H,6,13-14H2,1-5H3,(H2,23,24)/b8-7+. The van der Waals surface area contributed by atoms with Gasteiger partial charge in [0.25, 0.3) is 0 Å². The van der Waals surface area contributed by atoms with E-state index in [0.717, 1.165) is 5.41 Å². The molecule has 0 amide bonds. The maximum absolute atomic E-state index is 12.8. The predicted molar refractivity (Wildman–Crippen MR) is 129 cm³/mol. The largest absolute Gasteiger partial charge is 0.496 e. The first kappa shape index (κ1) is 25.8. The summed E-state index contributed by atoms with van der Waals surface area (Å²) < 4.78 is 46.8. The summed E-state index contributed by atoms with van der Waals surface area (Å²) in [5.74, 6) is 1.83. The number of anilines is 1. The molecule has 0 unspecified atom stereocenters. The summed E-state index contributed by atoms with van der Waals surface area (Å²) in [5, 5.41) is 4.19. The van der Waals surface area contributed by atoms with Gasteiger partial charge in [-0.3, -0.25) is 4.99 Å². The van der Waals surface area contributed by atoms with Crippen LogP contribution in [0.15, 0.2) is 34.8 Å². The zero-order chi connectivity index (χ0) is 24.4. The van der Waals surface area contributed by atoms with Crippen LogP contribution in [-0.2, 0) is 15.6 Å². The average molecular weight is 479 g/mol. The molecule has 3 N–H and O–H groups in total. The molecule has 2 aromatic rings. The Morgan fingerprint density at radius 2 is 1.76 bits per heavy atom. The Labute approximate surface area is 194 Å². The molecule has 1 aromatic carbocycles. The van der Waals surface area contributed by atoms with Crippen molar-refractivity contribution in [2.45, 2.75) is 12.7 Å². The van der Waals surface area contributed by atoms with Crippen molar-refractivity contribution in [1.82, 2.24) is 4.98 Å². The molecule has 0 fully saturated rings. The van der Waals surface area contributed by atoms with E-state index in [0.29, 0.717) is 52.3 Å². The molecule has 1 heterocycles. The first-order valence-electron chi connectivity index (χ1n) is 10.0. The minimum Gasteiger partial charge on any atom is -0.496 e. The summed E-state index contributed by atoms with van der Waals surface area (Å²) in [5.41, 5.74) is 7.28. The molecule has 180 valence electrons. The Bertz CT molecular complexity index is 1090. The molecule has 0 spiro atoms. The van der Waals surface area contributed by atoms with E-state index in [-0.39, 0.29) is 12.3 Å². The number of aromatic nitrogens is 1. The van der Waals surface area contributed by atoms with E-state index in [1.807, 2.05) is 6.92 Å². The Kier molecular flexibility index (Phi) is 9.34. The van der Waals surface area contributed by atoms with Gasteiger partial charge >= 0.3 is 0 Å². The number of ether oxygens (including phenoxy) is 4. The molecule has 2 rings (SSSR count). The highest BCUT2D eigenvalue weighted by Gasteiger charge is 2.15. The summed E-state index contributed by atoms with van der Waals surface area (Å²) in [7, 11) is 2.31. The molecule has 0 bridgehead atoms. The second-order valence-electron chi connectivity index (χ2n) is 6.78. The van der Waals surface area contributed by atoms with Crippen molar-refractivity contribution >= 4 is 27.4 Å². The van der Waals surface area contributed by atoms with E-state index in [1.165, 1.54) is 40.7 Å². The molecule has 10 nitrogen and oxygen atoms in total.